The predicted molar refractivity (Wildman–Crippen MR) is 110 cm³/mol. The van der Waals surface area contributed by atoms with Crippen LogP contribution in [-0.2, 0) is 22.6 Å². The molecule has 0 bridgehead atoms. The van der Waals surface area contributed by atoms with Crippen molar-refractivity contribution in [1.82, 2.24) is 4.90 Å². The maximum atomic E-state index is 10.7. The minimum Gasteiger partial charge on any atom is -0.379 e. The Hall–Kier alpha value is -2.16. The molecule has 0 aliphatic carbocycles. The second kappa shape index (κ2) is 9.36. The van der Waals surface area contributed by atoms with E-state index in [1.54, 1.807) is 0 Å². The summed E-state index contributed by atoms with van der Waals surface area (Å²) in [5.41, 5.74) is 2.42. The Morgan fingerprint density at radius 1 is 1.04 bits per heavy atom. The van der Waals surface area contributed by atoms with Crippen molar-refractivity contribution in [2.45, 2.75) is 57.9 Å². The first-order valence-corrected chi connectivity index (χ1v) is 9.76. The molecule has 1 fully saturated rings. The summed E-state index contributed by atoms with van der Waals surface area (Å²) in [6.45, 7) is 7.67. The van der Waals surface area contributed by atoms with E-state index in [0.717, 1.165) is 13.1 Å². The van der Waals surface area contributed by atoms with Gasteiger partial charge in [0.25, 0.3) is 0 Å². The van der Waals surface area contributed by atoms with Crippen LogP contribution in [0.15, 0.2) is 60.7 Å². The normalized spacial score (nSPS) is 20.4. The lowest BCUT2D eigenvalue weighted by Gasteiger charge is -2.30. The van der Waals surface area contributed by atoms with Gasteiger partial charge in [0.05, 0.1) is 6.61 Å². The average molecular weight is 380 g/mol. The van der Waals surface area contributed by atoms with Crippen molar-refractivity contribution in [3.63, 3.8) is 0 Å². The number of hydrogen-bond donors (Lipinski definition) is 1. The third-order valence-electron chi connectivity index (χ3n) is 4.89. The summed E-state index contributed by atoms with van der Waals surface area (Å²) in [5.74, 6) is 5.39. The van der Waals surface area contributed by atoms with Crippen molar-refractivity contribution in [3.8, 4) is 11.8 Å². The fourth-order valence-corrected chi connectivity index (χ4v) is 3.24. The second-order valence-corrected chi connectivity index (χ2v) is 7.67. The first kappa shape index (κ1) is 20.6. The lowest BCUT2D eigenvalue weighted by atomic mass is 10.1. The summed E-state index contributed by atoms with van der Waals surface area (Å²) < 4.78 is 11.2. The van der Waals surface area contributed by atoms with Crippen LogP contribution in [0.2, 0.25) is 0 Å². The molecule has 148 valence electrons. The third-order valence-corrected chi connectivity index (χ3v) is 4.89. The number of aliphatic hydroxyl groups is 1. The van der Waals surface area contributed by atoms with Gasteiger partial charge in [0.1, 0.15) is 12.2 Å². The van der Waals surface area contributed by atoms with Gasteiger partial charge >= 0.3 is 0 Å². The zero-order valence-corrected chi connectivity index (χ0v) is 16.8. The van der Waals surface area contributed by atoms with Crippen molar-refractivity contribution in [1.29, 1.82) is 0 Å². The van der Waals surface area contributed by atoms with Crippen LogP contribution in [0.25, 0.3) is 0 Å². The molecule has 0 radical (unpaired) electrons. The second-order valence-electron chi connectivity index (χ2n) is 7.67. The Balaban J connectivity index is 1.71. The quantitative estimate of drug-likeness (QED) is 0.779. The van der Waals surface area contributed by atoms with E-state index in [1.807, 2.05) is 57.2 Å². The van der Waals surface area contributed by atoms with Crippen molar-refractivity contribution in [2.75, 3.05) is 6.61 Å². The topological polar surface area (TPSA) is 41.9 Å². The van der Waals surface area contributed by atoms with E-state index in [4.69, 9.17) is 9.47 Å². The molecule has 2 aromatic carbocycles. The number of benzene rings is 2. The SMILES string of the molecule is C[C@H]([C@H](O)C#C[C@H]1COC(C)(C)O1)N(Cc1ccccc1)Cc1ccccc1. The van der Waals surface area contributed by atoms with Gasteiger partial charge in [-0.2, -0.15) is 0 Å². The molecule has 0 aromatic heterocycles. The summed E-state index contributed by atoms with van der Waals surface area (Å²) in [6, 6.07) is 20.5. The molecule has 3 rings (SSSR count). The average Bonchev–Trinajstić information content (AvgIpc) is 3.05. The predicted octanol–water partition coefficient (Wildman–Crippen LogP) is 3.59. The highest BCUT2D eigenvalue weighted by Crippen LogP contribution is 2.22. The van der Waals surface area contributed by atoms with Crippen LogP contribution >= 0.6 is 0 Å². The summed E-state index contributed by atoms with van der Waals surface area (Å²) in [5, 5.41) is 10.7. The number of hydrogen-bond acceptors (Lipinski definition) is 4. The first-order chi connectivity index (χ1) is 13.4. The summed E-state index contributed by atoms with van der Waals surface area (Å²) in [4.78, 5) is 2.25. The van der Waals surface area contributed by atoms with E-state index >= 15 is 0 Å². The van der Waals surface area contributed by atoms with E-state index < -0.39 is 11.9 Å². The first-order valence-electron chi connectivity index (χ1n) is 9.76. The minimum absolute atomic E-state index is 0.136. The molecule has 0 spiro atoms. The smallest absolute Gasteiger partial charge is 0.164 e. The molecule has 1 aliphatic heterocycles. The molecule has 4 heteroatoms. The van der Waals surface area contributed by atoms with Gasteiger partial charge in [0.15, 0.2) is 5.79 Å². The Morgan fingerprint density at radius 2 is 1.57 bits per heavy atom. The Morgan fingerprint density at radius 3 is 2.04 bits per heavy atom. The monoisotopic (exact) mass is 379 g/mol. The van der Waals surface area contributed by atoms with Crippen molar-refractivity contribution >= 4 is 0 Å². The molecule has 1 N–H and O–H groups in total. The molecular weight excluding hydrogens is 350 g/mol. The zero-order valence-electron chi connectivity index (χ0n) is 16.8. The molecule has 1 saturated heterocycles. The van der Waals surface area contributed by atoms with Crippen molar-refractivity contribution in [3.05, 3.63) is 71.8 Å². The lowest BCUT2D eigenvalue weighted by Crippen LogP contribution is -2.40. The van der Waals surface area contributed by atoms with Crippen LogP contribution in [0.1, 0.15) is 31.9 Å². The fraction of sp³-hybridized carbons (Fsp3) is 0.417. The molecule has 0 unspecified atom stereocenters. The Kier molecular flexibility index (Phi) is 6.88. The van der Waals surface area contributed by atoms with Crippen LogP contribution in [0.3, 0.4) is 0 Å². The van der Waals surface area contributed by atoms with Gasteiger partial charge in [-0.1, -0.05) is 72.5 Å². The molecule has 28 heavy (non-hydrogen) atoms. The maximum Gasteiger partial charge on any atom is 0.164 e. The van der Waals surface area contributed by atoms with Crippen molar-refractivity contribution < 1.29 is 14.6 Å². The standard InChI is InChI=1S/C24H29NO3/c1-19(23(26)15-14-22-18-27-24(2,3)28-22)25(16-20-10-6-4-7-11-20)17-21-12-8-5-9-13-21/h4-13,19,22-23,26H,16-18H2,1-3H3/t19-,22+,23-/m1/s1. The largest absolute Gasteiger partial charge is 0.379 e. The summed E-state index contributed by atoms with van der Waals surface area (Å²) >= 11 is 0. The van der Waals surface area contributed by atoms with E-state index in [2.05, 4.69) is 41.0 Å². The fourth-order valence-electron chi connectivity index (χ4n) is 3.24. The lowest BCUT2D eigenvalue weighted by molar-refractivity contribution is -0.132. The van der Waals surface area contributed by atoms with Gasteiger partial charge in [-0.3, -0.25) is 4.90 Å². The molecule has 1 aliphatic rings. The number of nitrogens with zero attached hydrogens (tertiary/aromatic N) is 1. The number of aliphatic hydroxyl groups excluding tert-OH is 1. The molecule has 4 nitrogen and oxygen atoms in total. The molecule has 2 aromatic rings. The van der Waals surface area contributed by atoms with Gasteiger partial charge in [-0.25, -0.2) is 0 Å². The van der Waals surface area contributed by atoms with Crippen LogP contribution in [0.4, 0.5) is 0 Å². The van der Waals surface area contributed by atoms with Crippen LogP contribution < -0.4 is 0 Å². The molecule has 0 saturated carbocycles. The minimum atomic E-state index is -0.778. The van der Waals surface area contributed by atoms with Gasteiger partial charge in [0, 0.05) is 19.1 Å². The Bertz CT molecular complexity index is 753. The van der Waals surface area contributed by atoms with E-state index in [1.165, 1.54) is 11.1 Å². The molecule has 1 heterocycles. The van der Waals surface area contributed by atoms with E-state index in [-0.39, 0.29) is 12.1 Å². The third kappa shape index (κ3) is 5.92. The highest BCUT2D eigenvalue weighted by atomic mass is 16.7. The highest BCUT2D eigenvalue weighted by Gasteiger charge is 2.31. The Labute approximate surface area is 168 Å². The van der Waals surface area contributed by atoms with E-state index in [0.29, 0.717) is 6.61 Å². The van der Waals surface area contributed by atoms with Crippen LogP contribution in [-0.4, -0.2) is 40.7 Å². The van der Waals surface area contributed by atoms with Gasteiger partial charge < -0.3 is 14.6 Å². The van der Waals surface area contributed by atoms with Gasteiger partial charge in [-0.05, 0) is 31.9 Å². The molecular formula is C24H29NO3. The van der Waals surface area contributed by atoms with E-state index in [9.17, 15) is 5.11 Å². The van der Waals surface area contributed by atoms with Gasteiger partial charge in [-0.15, -0.1) is 0 Å². The van der Waals surface area contributed by atoms with Crippen LogP contribution in [0, 0.1) is 11.8 Å². The highest BCUT2D eigenvalue weighted by molar-refractivity contribution is 5.19. The molecule has 3 atom stereocenters. The van der Waals surface area contributed by atoms with Gasteiger partial charge in [0.2, 0.25) is 0 Å². The molecule has 0 amide bonds. The van der Waals surface area contributed by atoms with Crippen molar-refractivity contribution in [2.24, 2.45) is 0 Å². The summed E-state index contributed by atoms with van der Waals surface area (Å²) in [6.07, 6.45) is -1.08. The zero-order chi connectivity index (χ0) is 20.0. The summed E-state index contributed by atoms with van der Waals surface area (Å²) in [7, 11) is 0. The maximum absolute atomic E-state index is 10.7. The number of ether oxygens (including phenoxy) is 2. The number of rotatable bonds is 6. The van der Waals surface area contributed by atoms with Crippen LogP contribution in [0.5, 0.6) is 0 Å².